The Kier molecular flexibility index (Phi) is 6.33. The smallest absolute Gasteiger partial charge is 0.224 e. The fourth-order valence-corrected chi connectivity index (χ4v) is 4.09. The maximum Gasteiger partial charge on any atom is 0.224 e. The van der Waals surface area contributed by atoms with Gasteiger partial charge in [-0.2, -0.15) is 0 Å². The first-order valence-corrected chi connectivity index (χ1v) is 10.9. The zero-order chi connectivity index (χ0) is 20.9. The second-order valence-corrected chi connectivity index (χ2v) is 8.01. The van der Waals surface area contributed by atoms with Crippen LogP contribution in [0.5, 0.6) is 0 Å². The van der Waals surface area contributed by atoms with Crippen molar-refractivity contribution < 1.29 is 4.79 Å². The first-order valence-electron chi connectivity index (χ1n) is 10.9. The number of rotatable bonds is 7. The van der Waals surface area contributed by atoms with Crippen molar-refractivity contribution in [1.29, 1.82) is 0 Å². The summed E-state index contributed by atoms with van der Waals surface area (Å²) in [4.78, 5) is 21.9. The van der Waals surface area contributed by atoms with Gasteiger partial charge in [-0.3, -0.25) is 9.69 Å². The highest BCUT2D eigenvalue weighted by molar-refractivity contribution is 5.94. The first-order chi connectivity index (χ1) is 14.7. The monoisotopic (exact) mass is 405 g/mol. The SMILES string of the molecule is CCCCC(=O)Nc1ccccc1N1CCN(Cc2nc3ccccc3n2C)CC1. The number of para-hydroxylation sites is 4. The largest absolute Gasteiger partial charge is 0.367 e. The van der Waals surface area contributed by atoms with Crippen molar-refractivity contribution in [2.45, 2.75) is 32.7 Å². The predicted molar refractivity (Wildman–Crippen MR) is 123 cm³/mol. The van der Waals surface area contributed by atoms with Crippen molar-refractivity contribution in [3.05, 3.63) is 54.4 Å². The average Bonchev–Trinajstić information content (AvgIpc) is 3.09. The van der Waals surface area contributed by atoms with Crippen LogP contribution in [0.1, 0.15) is 32.0 Å². The highest BCUT2D eigenvalue weighted by atomic mass is 16.1. The molecule has 3 aromatic rings. The minimum atomic E-state index is 0.102. The van der Waals surface area contributed by atoms with Gasteiger partial charge in [0.1, 0.15) is 5.82 Å². The number of piperazine rings is 1. The van der Waals surface area contributed by atoms with Crippen LogP contribution in [0.4, 0.5) is 11.4 Å². The van der Waals surface area contributed by atoms with Gasteiger partial charge >= 0.3 is 0 Å². The number of aryl methyl sites for hydroxylation is 1. The van der Waals surface area contributed by atoms with Crippen LogP contribution in [0.25, 0.3) is 11.0 Å². The molecule has 1 aliphatic rings. The summed E-state index contributed by atoms with van der Waals surface area (Å²) in [7, 11) is 2.10. The van der Waals surface area contributed by atoms with E-state index in [0.717, 1.165) is 68.3 Å². The van der Waals surface area contributed by atoms with Crippen molar-refractivity contribution in [3.8, 4) is 0 Å². The standard InChI is InChI=1S/C24H31N5O/c1-3-4-13-24(30)26-20-10-6-8-12-22(20)29-16-14-28(15-17-29)18-23-25-19-9-5-7-11-21(19)27(23)2/h5-12H,3-4,13-18H2,1-2H3,(H,26,30). The van der Waals surface area contributed by atoms with Gasteiger partial charge in [-0.05, 0) is 30.7 Å². The molecule has 2 aromatic carbocycles. The van der Waals surface area contributed by atoms with Gasteiger partial charge in [0, 0.05) is 39.6 Å². The number of carbonyl (C=O) groups excluding carboxylic acids is 1. The van der Waals surface area contributed by atoms with E-state index < -0.39 is 0 Å². The lowest BCUT2D eigenvalue weighted by atomic mass is 10.2. The van der Waals surface area contributed by atoms with Crippen LogP contribution in [0.2, 0.25) is 0 Å². The molecule has 1 N–H and O–H groups in total. The summed E-state index contributed by atoms with van der Waals surface area (Å²) in [6.45, 7) is 6.78. The van der Waals surface area contributed by atoms with Crippen LogP contribution in [0.15, 0.2) is 48.5 Å². The Bertz CT molecular complexity index is 1000. The van der Waals surface area contributed by atoms with Gasteiger partial charge in [0.25, 0.3) is 0 Å². The number of fused-ring (bicyclic) bond motifs is 1. The number of imidazole rings is 1. The van der Waals surface area contributed by atoms with Gasteiger partial charge in [-0.15, -0.1) is 0 Å². The summed E-state index contributed by atoms with van der Waals surface area (Å²) in [6, 6.07) is 16.4. The number of nitrogens with one attached hydrogen (secondary N) is 1. The zero-order valence-corrected chi connectivity index (χ0v) is 18.0. The molecule has 0 saturated carbocycles. The van der Waals surface area contributed by atoms with Gasteiger partial charge in [-0.1, -0.05) is 37.6 Å². The second kappa shape index (κ2) is 9.30. The Morgan fingerprint density at radius 2 is 1.77 bits per heavy atom. The quantitative estimate of drug-likeness (QED) is 0.645. The lowest BCUT2D eigenvalue weighted by Gasteiger charge is -2.36. The summed E-state index contributed by atoms with van der Waals surface area (Å²) in [6.07, 6.45) is 2.54. The normalized spacial score (nSPS) is 14.9. The predicted octanol–water partition coefficient (Wildman–Crippen LogP) is 4.02. The minimum absolute atomic E-state index is 0.102. The van der Waals surface area contributed by atoms with Gasteiger partial charge < -0.3 is 14.8 Å². The van der Waals surface area contributed by atoms with Crippen LogP contribution in [0.3, 0.4) is 0 Å². The van der Waals surface area contributed by atoms with Crippen molar-refractivity contribution >= 4 is 28.3 Å². The summed E-state index contributed by atoms with van der Waals surface area (Å²) >= 11 is 0. The van der Waals surface area contributed by atoms with E-state index in [2.05, 4.69) is 57.9 Å². The number of anilines is 2. The second-order valence-electron chi connectivity index (χ2n) is 8.01. The molecule has 0 aliphatic carbocycles. The van der Waals surface area contributed by atoms with Gasteiger partial charge in [0.05, 0.1) is 29.0 Å². The zero-order valence-electron chi connectivity index (χ0n) is 18.0. The van der Waals surface area contributed by atoms with E-state index in [1.807, 2.05) is 24.3 Å². The number of hydrogen-bond acceptors (Lipinski definition) is 4. The van der Waals surface area contributed by atoms with Crippen LogP contribution in [0, 0.1) is 0 Å². The molecule has 4 rings (SSSR count). The van der Waals surface area contributed by atoms with Crippen LogP contribution >= 0.6 is 0 Å². The summed E-state index contributed by atoms with van der Waals surface area (Å²) in [5, 5.41) is 3.11. The topological polar surface area (TPSA) is 53.4 Å². The maximum atomic E-state index is 12.2. The van der Waals surface area contributed by atoms with Crippen molar-refractivity contribution in [1.82, 2.24) is 14.5 Å². The van der Waals surface area contributed by atoms with Crippen LogP contribution in [-0.2, 0) is 18.4 Å². The molecule has 1 fully saturated rings. The number of hydrogen-bond donors (Lipinski definition) is 1. The Balaban J connectivity index is 1.39. The Morgan fingerprint density at radius 3 is 2.53 bits per heavy atom. The molecule has 1 aromatic heterocycles. The molecule has 158 valence electrons. The molecule has 0 atom stereocenters. The van der Waals surface area contributed by atoms with Gasteiger partial charge in [0.2, 0.25) is 5.91 Å². The van der Waals surface area contributed by atoms with E-state index in [1.165, 1.54) is 5.52 Å². The Morgan fingerprint density at radius 1 is 1.03 bits per heavy atom. The van der Waals surface area contributed by atoms with Crippen molar-refractivity contribution in [3.63, 3.8) is 0 Å². The van der Waals surface area contributed by atoms with E-state index >= 15 is 0 Å². The number of amides is 1. The molecular formula is C24H31N5O. The Labute approximate surface area is 178 Å². The molecule has 0 bridgehead atoms. The molecule has 1 aliphatic heterocycles. The van der Waals surface area contributed by atoms with Gasteiger partial charge in [0.15, 0.2) is 0 Å². The van der Waals surface area contributed by atoms with E-state index in [0.29, 0.717) is 6.42 Å². The van der Waals surface area contributed by atoms with Crippen molar-refractivity contribution in [2.24, 2.45) is 7.05 Å². The average molecular weight is 406 g/mol. The lowest BCUT2D eigenvalue weighted by molar-refractivity contribution is -0.116. The molecule has 6 heteroatoms. The minimum Gasteiger partial charge on any atom is -0.367 e. The fourth-order valence-electron chi connectivity index (χ4n) is 4.09. The molecule has 1 saturated heterocycles. The highest BCUT2D eigenvalue weighted by Crippen LogP contribution is 2.27. The number of aromatic nitrogens is 2. The van der Waals surface area contributed by atoms with E-state index in [4.69, 9.17) is 4.98 Å². The molecule has 6 nitrogen and oxygen atoms in total. The van der Waals surface area contributed by atoms with E-state index in [9.17, 15) is 4.79 Å². The number of carbonyl (C=O) groups is 1. The van der Waals surface area contributed by atoms with Gasteiger partial charge in [-0.25, -0.2) is 4.98 Å². The molecule has 0 radical (unpaired) electrons. The van der Waals surface area contributed by atoms with Crippen LogP contribution in [-0.4, -0.2) is 46.5 Å². The highest BCUT2D eigenvalue weighted by Gasteiger charge is 2.21. The molecule has 0 unspecified atom stereocenters. The number of nitrogens with zero attached hydrogens (tertiary/aromatic N) is 4. The molecule has 1 amide bonds. The summed E-state index contributed by atoms with van der Waals surface area (Å²) in [5.41, 5.74) is 4.27. The van der Waals surface area contributed by atoms with Crippen LogP contribution < -0.4 is 10.2 Å². The fraction of sp³-hybridized carbons (Fsp3) is 0.417. The number of benzene rings is 2. The third kappa shape index (κ3) is 4.49. The lowest BCUT2D eigenvalue weighted by Crippen LogP contribution is -2.46. The maximum absolute atomic E-state index is 12.2. The number of unbranched alkanes of at least 4 members (excludes halogenated alkanes) is 1. The molecule has 0 spiro atoms. The Hall–Kier alpha value is -2.86. The molecular weight excluding hydrogens is 374 g/mol. The first kappa shape index (κ1) is 20.4. The molecule has 2 heterocycles. The van der Waals surface area contributed by atoms with E-state index in [1.54, 1.807) is 0 Å². The summed E-state index contributed by atoms with van der Waals surface area (Å²) in [5.74, 6) is 1.21. The molecule has 30 heavy (non-hydrogen) atoms. The van der Waals surface area contributed by atoms with Crippen molar-refractivity contribution in [2.75, 3.05) is 36.4 Å². The summed E-state index contributed by atoms with van der Waals surface area (Å²) < 4.78 is 2.20. The third-order valence-corrected chi connectivity index (χ3v) is 5.89. The van der Waals surface area contributed by atoms with E-state index in [-0.39, 0.29) is 5.91 Å². The third-order valence-electron chi connectivity index (χ3n) is 5.89.